The fraction of sp³-hybridized carbons (Fsp3) is 0.353. The minimum Gasteiger partial charge on any atom is -0.369 e. The summed E-state index contributed by atoms with van der Waals surface area (Å²) in [6.45, 7) is 2.55. The van der Waals surface area contributed by atoms with Gasteiger partial charge in [-0.25, -0.2) is 13.4 Å². The molecule has 1 saturated heterocycles. The van der Waals surface area contributed by atoms with Crippen LogP contribution in [-0.4, -0.2) is 43.2 Å². The van der Waals surface area contributed by atoms with E-state index in [0.717, 1.165) is 11.3 Å². The highest BCUT2D eigenvalue weighted by Crippen LogP contribution is 2.28. The molecule has 2 heterocycles. The summed E-state index contributed by atoms with van der Waals surface area (Å²) >= 11 is 1.01. The van der Waals surface area contributed by atoms with Crippen LogP contribution in [0.25, 0.3) is 0 Å². The van der Waals surface area contributed by atoms with Gasteiger partial charge < -0.3 is 10.6 Å². The van der Waals surface area contributed by atoms with Crippen molar-refractivity contribution in [1.29, 1.82) is 0 Å². The normalized spacial score (nSPS) is 15.5. The van der Waals surface area contributed by atoms with E-state index in [2.05, 4.69) is 9.71 Å². The number of aromatic nitrogens is 1. The first-order chi connectivity index (χ1) is 12.8. The molecular weight excluding hydrogens is 388 g/mol. The second-order valence-electron chi connectivity index (χ2n) is 6.32. The molecule has 27 heavy (non-hydrogen) atoms. The van der Waals surface area contributed by atoms with Gasteiger partial charge in [0, 0.05) is 19.0 Å². The van der Waals surface area contributed by atoms with E-state index >= 15 is 0 Å². The van der Waals surface area contributed by atoms with E-state index in [-0.39, 0.29) is 27.8 Å². The highest BCUT2D eigenvalue weighted by molar-refractivity contribution is 7.93. The maximum atomic E-state index is 12.7. The number of nitrogens with zero attached hydrogens (tertiary/aromatic N) is 2. The Balaban J connectivity index is 1.73. The van der Waals surface area contributed by atoms with Crippen LogP contribution in [0.2, 0.25) is 0 Å². The molecule has 0 unspecified atom stereocenters. The number of primary amides is 1. The third-order valence-electron chi connectivity index (χ3n) is 4.45. The van der Waals surface area contributed by atoms with Crippen LogP contribution in [-0.2, 0) is 14.8 Å². The molecule has 0 bridgehead atoms. The predicted molar refractivity (Wildman–Crippen MR) is 102 cm³/mol. The van der Waals surface area contributed by atoms with Gasteiger partial charge in [-0.05, 0) is 31.9 Å². The molecule has 0 saturated carbocycles. The van der Waals surface area contributed by atoms with E-state index in [9.17, 15) is 18.0 Å². The number of hydrogen-bond donors (Lipinski definition) is 2. The molecule has 144 valence electrons. The minimum absolute atomic E-state index is 0.124. The van der Waals surface area contributed by atoms with Crippen LogP contribution in [0.1, 0.15) is 28.2 Å². The molecule has 2 amide bonds. The Kier molecular flexibility index (Phi) is 5.47. The van der Waals surface area contributed by atoms with Gasteiger partial charge in [-0.1, -0.05) is 29.5 Å². The largest absolute Gasteiger partial charge is 0.369 e. The van der Waals surface area contributed by atoms with Crippen LogP contribution < -0.4 is 10.5 Å². The van der Waals surface area contributed by atoms with E-state index in [4.69, 9.17) is 5.73 Å². The number of benzene rings is 1. The SMILES string of the molecule is Cc1nc(NS(=O)(=O)c2ccccc2)sc1C(=O)N1CCC(C(N)=O)CC1. The fourth-order valence-electron chi connectivity index (χ4n) is 2.92. The average molecular weight is 409 g/mol. The van der Waals surface area contributed by atoms with Crippen molar-refractivity contribution >= 4 is 38.3 Å². The second kappa shape index (κ2) is 7.65. The zero-order valence-corrected chi connectivity index (χ0v) is 16.3. The summed E-state index contributed by atoms with van der Waals surface area (Å²) in [6.07, 6.45) is 1.07. The van der Waals surface area contributed by atoms with Gasteiger partial charge in [0.2, 0.25) is 5.91 Å². The lowest BCUT2D eigenvalue weighted by atomic mass is 9.96. The zero-order chi connectivity index (χ0) is 19.6. The van der Waals surface area contributed by atoms with Crippen LogP contribution in [0.5, 0.6) is 0 Å². The monoisotopic (exact) mass is 408 g/mol. The van der Waals surface area contributed by atoms with Crippen molar-refractivity contribution in [3.8, 4) is 0 Å². The quantitative estimate of drug-likeness (QED) is 0.778. The topological polar surface area (TPSA) is 122 Å². The lowest BCUT2D eigenvalue weighted by molar-refractivity contribution is -0.123. The molecule has 0 spiro atoms. The number of hydrogen-bond acceptors (Lipinski definition) is 6. The first kappa shape index (κ1) is 19.3. The molecule has 2 aromatic rings. The molecule has 0 aliphatic carbocycles. The highest BCUT2D eigenvalue weighted by atomic mass is 32.2. The number of carbonyl (C=O) groups is 2. The van der Waals surface area contributed by atoms with Crippen molar-refractivity contribution in [1.82, 2.24) is 9.88 Å². The molecule has 1 aliphatic heterocycles. The van der Waals surface area contributed by atoms with Crippen molar-refractivity contribution in [2.75, 3.05) is 17.8 Å². The first-order valence-electron chi connectivity index (χ1n) is 8.42. The first-order valence-corrected chi connectivity index (χ1v) is 10.7. The van der Waals surface area contributed by atoms with Gasteiger partial charge in [0.15, 0.2) is 5.13 Å². The van der Waals surface area contributed by atoms with Crippen LogP contribution in [0, 0.1) is 12.8 Å². The number of likely N-dealkylation sites (tertiary alicyclic amines) is 1. The van der Waals surface area contributed by atoms with E-state index in [1.165, 1.54) is 12.1 Å². The number of rotatable bonds is 5. The maximum absolute atomic E-state index is 12.7. The number of piperidine rings is 1. The van der Waals surface area contributed by atoms with Crippen molar-refractivity contribution in [2.45, 2.75) is 24.7 Å². The van der Waals surface area contributed by atoms with Crippen LogP contribution in [0.3, 0.4) is 0 Å². The number of amides is 2. The van der Waals surface area contributed by atoms with Gasteiger partial charge in [0.25, 0.3) is 15.9 Å². The molecule has 1 fully saturated rings. The van der Waals surface area contributed by atoms with Crippen molar-refractivity contribution < 1.29 is 18.0 Å². The van der Waals surface area contributed by atoms with Crippen molar-refractivity contribution in [2.24, 2.45) is 11.7 Å². The van der Waals surface area contributed by atoms with E-state index in [1.54, 1.807) is 30.0 Å². The standard InChI is InChI=1S/C17H20N4O4S2/c1-11-14(16(23)21-9-7-12(8-10-21)15(18)22)26-17(19-11)20-27(24,25)13-5-3-2-4-6-13/h2-6,12H,7-10H2,1H3,(H2,18,22)(H,19,20). The van der Waals surface area contributed by atoms with Gasteiger partial charge >= 0.3 is 0 Å². The summed E-state index contributed by atoms with van der Waals surface area (Å²) in [5.41, 5.74) is 5.78. The molecule has 10 heteroatoms. The predicted octanol–water partition coefficient (Wildman–Crippen LogP) is 1.59. The summed E-state index contributed by atoms with van der Waals surface area (Å²) < 4.78 is 27.2. The number of carbonyl (C=O) groups excluding carboxylic acids is 2. The molecule has 1 aromatic carbocycles. The Morgan fingerprint density at radius 2 is 1.85 bits per heavy atom. The number of nitrogens with one attached hydrogen (secondary N) is 1. The summed E-state index contributed by atoms with van der Waals surface area (Å²) in [7, 11) is -3.76. The molecule has 3 rings (SSSR count). The molecule has 0 radical (unpaired) electrons. The van der Waals surface area contributed by atoms with Gasteiger partial charge in [-0.15, -0.1) is 0 Å². The lowest BCUT2D eigenvalue weighted by Crippen LogP contribution is -2.41. The molecule has 1 aliphatic rings. The Hall–Kier alpha value is -2.46. The van der Waals surface area contributed by atoms with Crippen LogP contribution in [0.4, 0.5) is 5.13 Å². The highest BCUT2D eigenvalue weighted by Gasteiger charge is 2.29. The zero-order valence-electron chi connectivity index (χ0n) is 14.7. The summed E-state index contributed by atoms with van der Waals surface area (Å²) in [4.78, 5) is 30.3. The molecule has 3 N–H and O–H groups in total. The van der Waals surface area contributed by atoms with Gasteiger partial charge in [-0.2, -0.15) is 0 Å². The Morgan fingerprint density at radius 3 is 2.44 bits per heavy atom. The third kappa shape index (κ3) is 4.28. The van der Waals surface area contributed by atoms with Crippen LogP contribution >= 0.6 is 11.3 Å². The molecule has 8 nitrogen and oxygen atoms in total. The summed E-state index contributed by atoms with van der Waals surface area (Å²) in [5, 5.41) is 0.145. The number of nitrogens with two attached hydrogens (primary N) is 1. The minimum atomic E-state index is -3.76. The Labute approximate surface area is 161 Å². The molecule has 0 atom stereocenters. The average Bonchev–Trinajstić information content (AvgIpc) is 3.01. The smallest absolute Gasteiger partial charge is 0.265 e. The van der Waals surface area contributed by atoms with Gasteiger partial charge in [-0.3, -0.25) is 14.3 Å². The number of thiazole rings is 1. The fourth-order valence-corrected chi connectivity index (χ4v) is 5.11. The lowest BCUT2D eigenvalue weighted by Gasteiger charge is -2.30. The van der Waals surface area contributed by atoms with Crippen LogP contribution in [0.15, 0.2) is 35.2 Å². The number of sulfonamides is 1. The summed E-state index contributed by atoms with van der Waals surface area (Å²) in [6, 6.07) is 7.96. The van der Waals surface area contributed by atoms with E-state index in [0.29, 0.717) is 36.5 Å². The third-order valence-corrected chi connectivity index (χ3v) is 7.00. The van der Waals surface area contributed by atoms with E-state index in [1.807, 2.05) is 0 Å². The summed E-state index contributed by atoms with van der Waals surface area (Å²) in [5.74, 6) is -0.753. The molecule has 1 aromatic heterocycles. The Bertz CT molecular complexity index is 949. The molecular formula is C17H20N4O4S2. The van der Waals surface area contributed by atoms with Gasteiger partial charge in [0.05, 0.1) is 10.6 Å². The maximum Gasteiger partial charge on any atom is 0.265 e. The van der Waals surface area contributed by atoms with E-state index < -0.39 is 10.0 Å². The Morgan fingerprint density at radius 1 is 1.22 bits per heavy atom. The number of anilines is 1. The van der Waals surface area contributed by atoms with Crippen molar-refractivity contribution in [3.05, 3.63) is 40.9 Å². The second-order valence-corrected chi connectivity index (χ2v) is 9.00. The van der Waals surface area contributed by atoms with Crippen molar-refractivity contribution in [3.63, 3.8) is 0 Å². The van der Waals surface area contributed by atoms with Gasteiger partial charge in [0.1, 0.15) is 4.88 Å². The number of aryl methyl sites for hydroxylation is 1.